The molecular weight excluding hydrogens is 340 g/mol. The van der Waals surface area contributed by atoms with Crippen LogP contribution in [0.2, 0.25) is 0 Å². The molecule has 1 aliphatic rings. The van der Waals surface area contributed by atoms with Crippen LogP contribution in [0.4, 0.5) is 5.95 Å². The molecule has 0 spiro atoms. The number of pyridine rings is 1. The summed E-state index contributed by atoms with van der Waals surface area (Å²) in [6, 6.07) is 4.41. The third-order valence-electron chi connectivity index (χ3n) is 5.12. The average Bonchev–Trinajstić information content (AvgIpc) is 2.96. The number of nitrogens with zero attached hydrogens (tertiary/aromatic N) is 6. The molecule has 4 rings (SSSR count). The fourth-order valence-electron chi connectivity index (χ4n) is 3.58. The van der Waals surface area contributed by atoms with Crippen LogP contribution < -0.4 is 4.90 Å². The smallest absolute Gasteiger partial charge is 0.225 e. The number of hydrogen-bond acceptors (Lipinski definition) is 6. The van der Waals surface area contributed by atoms with Gasteiger partial charge in [0.25, 0.3) is 0 Å². The highest BCUT2D eigenvalue weighted by atomic mass is 16.3. The van der Waals surface area contributed by atoms with Crippen LogP contribution in [-0.4, -0.2) is 48.8 Å². The summed E-state index contributed by atoms with van der Waals surface area (Å²) < 4.78 is 2.16. The number of aliphatic hydroxyl groups is 1. The van der Waals surface area contributed by atoms with E-state index in [-0.39, 0.29) is 6.10 Å². The number of anilines is 1. The molecule has 0 aromatic carbocycles. The first-order chi connectivity index (χ1) is 13.1. The topological polar surface area (TPSA) is 80.0 Å². The lowest BCUT2D eigenvalue weighted by Crippen LogP contribution is -2.26. The van der Waals surface area contributed by atoms with Crippen LogP contribution in [0.1, 0.15) is 50.5 Å². The second-order valence-corrected chi connectivity index (χ2v) is 7.51. The normalized spacial score (nSPS) is 18.2. The Balaban J connectivity index is 1.56. The Kier molecular flexibility index (Phi) is 5.03. The number of aliphatic hydroxyl groups excluding tert-OH is 1. The Morgan fingerprint density at radius 3 is 2.89 bits per heavy atom. The average molecular weight is 366 g/mol. The van der Waals surface area contributed by atoms with Crippen molar-refractivity contribution in [1.29, 1.82) is 0 Å². The van der Waals surface area contributed by atoms with Crippen molar-refractivity contribution in [2.24, 2.45) is 0 Å². The number of aromatic nitrogens is 5. The predicted octanol–water partition coefficient (Wildman–Crippen LogP) is 2.74. The van der Waals surface area contributed by atoms with E-state index in [2.05, 4.69) is 44.3 Å². The molecule has 142 valence electrons. The third-order valence-corrected chi connectivity index (χ3v) is 5.12. The van der Waals surface area contributed by atoms with Gasteiger partial charge in [-0.15, -0.1) is 0 Å². The largest absolute Gasteiger partial charge is 0.393 e. The zero-order valence-corrected chi connectivity index (χ0v) is 15.9. The van der Waals surface area contributed by atoms with Crippen molar-refractivity contribution in [2.45, 2.75) is 51.7 Å². The van der Waals surface area contributed by atoms with Crippen LogP contribution in [0.15, 0.2) is 30.9 Å². The molecular formula is C20H26N6O. The summed E-state index contributed by atoms with van der Waals surface area (Å²) in [5.74, 6) is 0.745. The Bertz CT molecular complexity index is 922. The monoisotopic (exact) mass is 366 g/mol. The summed E-state index contributed by atoms with van der Waals surface area (Å²) in [5, 5.41) is 9.85. The molecule has 0 radical (unpaired) electrons. The first-order valence-electron chi connectivity index (χ1n) is 9.66. The third kappa shape index (κ3) is 3.93. The zero-order chi connectivity index (χ0) is 18.8. The number of hydrogen-bond donors (Lipinski definition) is 1. The SMILES string of the molecule is CC(C)n1cnc2cnc(Cc3ccnc(N4CCCC(O)CC4)n3)cc21. The van der Waals surface area contributed by atoms with Gasteiger partial charge in [-0.05, 0) is 45.2 Å². The first-order valence-corrected chi connectivity index (χ1v) is 9.66. The van der Waals surface area contributed by atoms with E-state index in [9.17, 15) is 5.11 Å². The number of rotatable bonds is 4. The zero-order valence-electron chi connectivity index (χ0n) is 15.9. The van der Waals surface area contributed by atoms with Crippen molar-refractivity contribution in [3.05, 3.63) is 42.2 Å². The van der Waals surface area contributed by atoms with Crippen LogP contribution in [0, 0.1) is 0 Å². The van der Waals surface area contributed by atoms with Gasteiger partial charge < -0.3 is 14.6 Å². The van der Waals surface area contributed by atoms with Crippen LogP contribution in [-0.2, 0) is 6.42 Å². The molecule has 1 fully saturated rings. The summed E-state index contributed by atoms with van der Waals surface area (Å²) in [4.78, 5) is 20.4. The summed E-state index contributed by atoms with van der Waals surface area (Å²) in [5.41, 5.74) is 3.94. The molecule has 0 amide bonds. The van der Waals surface area contributed by atoms with Crippen molar-refractivity contribution in [3.63, 3.8) is 0 Å². The lowest BCUT2D eigenvalue weighted by atomic mass is 10.2. The van der Waals surface area contributed by atoms with E-state index in [0.717, 1.165) is 60.7 Å². The van der Waals surface area contributed by atoms with Crippen LogP contribution >= 0.6 is 0 Å². The van der Waals surface area contributed by atoms with E-state index >= 15 is 0 Å². The minimum absolute atomic E-state index is 0.208. The maximum absolute atomic E-state index is 9.85. The number of imidazole rings is 1. The van der Waals surface area contributed by atoms with Gasteiger partial charge in [-0.3, -0.25) is 4.98 Å². The minimum atomic E-state index is -0.208. The van der Waals surface area contributed by atoms with Gasteiger partial charge in [0.1, 0.15) is 5.52 Å². The predicted molar refractivity (Wildman–Crippen MR) is 105 cm³/mol. The van der Waals surface area contributed by atoms with E-state index < -0.39 is 0 Å². The minimum Gasteiger partial charge on any atom is -0.393 e. The standard InChI is InChI=1S/C20H26N6O/c1-14(2)26-13-23-18-12-22-16(11-19(18)26)10-15-5-7-21-20(24-15)25-8-3-4-17(27)6-9-25/h5,7,11-14,17,27H,3-4,6,8-10H2,1-2H3. The van der Waals surface area contributed by atoms with Gasteiger partial charge in [0.15, 0.2) is 0 Å². The first kappa shape index (κ1) is 17.9. The highest BCUT2D eigenvalue weighted by molar-refractivity contribution is 5.74. The van der Waals surface area contributed by atoms with Crippen LogP contribution in [0.3, 0.4) is 0 Å². The van der Waals surface area contributed by atoms with Gasteiger partial charge in [-0.1, -0.05) is 0 Å². The summed E-state index contributed by atoms with van der Waals surface area (Å²) >= 11 is 0. The van der Waals surface area contributed by atoms with Crippen LogP contribution in [0.25, 0.3) is 11.0 Å². The Morgan fingerprint density at radius 1 is 1.15 bits per heavy atom. The highest BCUT2D eigenvalue weighted by Gasteiger charge is 2.17. The molecule has 7 heteroatoms. The van der Waals surface area contributed by atoms with E-state index in [0.29, 0.717) is 12.5 Å². The molecule has 1 atom stereocenters. The highest BCUT2D eigenvalue weighted by Crippen LogP contribution is 2.20. The lowest BCUT2D eigenvalue weighted by molar-refractivity contribution is 0.161. The van der Waals surface area contributed by atoms with E-state index in [1.165, 1.54) is 0 Å². The second-order valence-electron chi connectivity index (χ2n) is 7.51. The molecule has 7 nitrogen and oxygen atoms in total. The van der Waals surface area contributed by atoms with Crippen molar-refractivity contribution < 1.29 is 5.11 Å². The van der Waals surface area contributed by atoms with E-state index in [1.54, 1.807) is 0 Å². The van der Waals surface area contributed by atoms with E-state index in [1.807, 2.05) is 24.8 Å². The van der Waals surface area contributed by atoms with E-state index in [4.69, 9.17) is 4.98 Å². The quantitative estimate of drug-likeness (QED) is 0.765. The lowest BCUT2D eigenvalue weighted by Gasteiger charge is -2.20. The Hall–Kier alpha value is -2.54. The summed E-state index contributed by atoms with van der Waals surface area (Å²) in [7, 11) is 0. The van der Waals surface area contributed by atoms with Crippen molar-refractivity contribution in [1.82, 2.24) is 24.5 Å². The van der Waals surface area contributed by atoms with Crippen LogP contribution in [0.5, 0.6) is 0 Å². The van der Waals surface area contributed by atoms with Crippen molar-refractivity contribution in [2.75, 3.05) is 18.0 Å². The number of fused-ring (bicyclic) bond motifs is 1. The molecule has 1 saturated heterocycles. The molecule has 3 aromatic heterocycles. The Labute approximate surface area is 159 Å². The second kappa shape index (κ2) is 7.60. The molecule has 1 aliphatic heterocycles. The Morgan fingerprint density at radius 2 is 2.04 bits per heavy atom. The molecule has 0 bridgehead atoms. The summed E-state index contributed by atoms with van der Waals surface area (Å²) in [6.07, 6.45) is 8.56. The van der Waals surface area contributed by atoms with Gasteiger partial charge in [0, 0.05) is 37.4 Å². The molecule has 1 unspecified atom stereocenters. The van der Waals surface area contributed by atoms with Gasteiger partial charge in [0.2, 0.25) is 5.95 Å². The van der Waals surface area contributed by atoms with Gasteiger partial charge in [0.05, 0.1) is 29.8 Å². The van der Waals surface area contributed by atoms with Gasteiger partial charge in [-0.2, -0.15) is 0 Å². The van der Waals surface area contributed by atoms with Gasteiger partial charge >= 0.3 is 0 Å². The molecule has 0 aliphatic carbocycles. The fourth-order valence-corrected chi connectivity index (χ4v) is 3.58. The van der Waals surface area contributed by atoms with Crippen molar-refractivity contribution in [3.8, 4) is 0 Å². The summed E-state index contributed by atoms with van der Waals surface area (Å²) in [6.45, 7) is 5.98. The fraction of sp³-hybridized carbons (Fsp3) is 0.500. The maximum Gasteiger partial charge on any atom is 0.225 e. The molecule has 4 heterocycles. The molecule has 1 N–H and O–H groups in total. The van der Waals surface area contributed by atoms with Crippen molar-refractivity contribution >= 4 is 17.0 Å². The maximum atomic E-state index is 9.85. The van der Waals surface area contributed by atoms with Gasteiger partial charge in [-0.25, -0.2) is 15.0 Å². The molecule has 0 saturated carbocycles. The molecule has 3 aromatic rings. The molecule has 27 heavy (non-hydrogen) atoms.